The highest BCUT2D eigenvalue weighted by atomic mass is 127. The fourth-order valence-corrected chi connectivity index (χ4v) is 9.94. The Bertz CT molecular complexity index is 2090. The summed E-state index contributed by atoms with van der Waals surface area (Å²) in [6.45, 7) is 0. The van der Waals surface area contributed by atoms with Crippen molar-refractivity contribution in [2.45, 2.75) is 6.42 Å². The normalized spacial score (nSPS) is 10.8. The van der Waals surface area contributed by atoms with Gasteiger partial charge in [-0.1, -0.05) is 72.8 Å². The number of benzene rings is 6. The van der Waals surface area contributed by atoms with Crippen LogP contribution in [0.5, 0.6) is 0 Å². The van der Waals surface area contributed by atoms with Crippen LogP contribution in [0, 0.1) is 44.1 Å². The second-order valence-corrected chi connectivity index (χ2v) is 17.4. The standard InChI is InChI=1S/C39H20I6N2/c40-34-18-26(24-5-1-22(20-46)2-6-24)9-13-30(34)32-15-11-28(36(42)38(32)44)17-29-12-16-33(39(45)37(29)43)31-14-10-27(19-35(31)41)25-7-3-23(21-47)4-8-25/h1-16,18-19H,17H2. The molecular weight excluding hydrogens is 1260 g/mol. The van der Waals surface area contributed by atoms with Crippen molar-refractivity contribution in [3.8, 4) is 56.6 Å². The molecule has 0 saturated carbocycles. The van der Waals surface area contributed by atoms with E-state index in [0.717, 1.165) is 28.7 Å². The van der Waals surface area contributed by atoms with Gasteiger partial charge in [-0.3, -0.25) is 0 Å². The van der Waals surface area contributed by atoms with Gasteiger partial charge in [0.15, 0.2) is 0 Å². The Morgan fingerprint density at radius 3 is 1.06 bits per heavy atom. The maximum atomic E-state index is 9.13. The lowest BCUT2D eigenvalue weighted by atomic mass is 9.96. The Labute approximate surface area is 356 Å². The maximum absolute atomic E-state index is 9.13. The van der Waals surface area contributed by atoms with Crippen molar-refractivity contribution in [3.63, 3.8) is 0 Å². The van der Waals surface area contributed by atoms with Gasteiger partial charge in [-0.25, -0.2) is 0 Å². The molecule has 0 N–H and O–H groups in total. The largest absolute Gasteiger partial charge is 0.192 e. The summed E-state index contributed by atoms with van der Waals surface area (Å²) in [6, 6.07) is 42.2. The molecule has 0 aromatic heterocycles. The zero-order valence-corrected chi connectivity index (χ0v) is 37.2. The predicted molar refractivity (Wildman–Crippen MR) is 243 cm³/mol. The van der Waals surface area contributed by atoms with Gasteiger partial charge in [0.05, 0.1) is 23.3 Å². The average molecular weight is 1280 g/mol. The summed E-state index contributed by atoms with van der Waals surface area (Å²) < 4.78 is 7.51. The van der Waals surface area contributed by atoms with Crippen molar-refractivity contribution in [1.29, 1.82) is 10.5 Å². The van der Waals surface area contributed by atoms with Crippen LogP contribution in [0.4, 0.5) is 0 Å². The summed E-state index contributed by atoms with van der Waals surface area (Å²) in [5.41, 5.74) is 13.4. The molecule has 0 atom stereocenters. The Balaban J connectivity index is 1.25. The molecule has 0 bridgehead atoms. The third-order valence-electron chi connectivity index (χ3n) is 7.92. The highest BCUT2D eigenvalue weighted by Gasteiger charge is 2.18. The first-order valence-corrected chi connectivity index (χ1v) is 20.7. The fraction of sp³-hybridized carbons (Fsp3) is 0.0256. The van der Waals surface area contributed by atoms with Gasteiger partial charge in [0, 0.05) is 21.4 Å². The van der Waals surface area contributed by atoms with Crippen molar-refractivity contribution in [2.75, 3.05) is 0 Å². The van der Waals surface area contributed by atoms with Crippen LogP contribution >= 0.6 is 136 Å². The minimum Gasteiger partial charge on any atom is -0.192 e. The van der Waals surface area contributed by atoms with E-state index in [-0.39, 0.29) is 0 Å². The number of nitriles is 2. The van der Waals surface area contributed by atoms with Gasteiger partial charge in [-0.2, -0.15) is 10.5 Å². The average Bonchev–Trinajstić information content (AvgIpc) is 3.09. The van der Waals surface area contributed by atoms with Crippen molar-refractivity contribution < 1.29 is 0 Å². The van der Waals surface area contributed by atoms with Crippen molar-refractivity contribution in [1.82, 2.24) is 0 Å². The van der Waals surface area contributed by atoms with Gasteiger partial charge in [0.2, 0.25) is 0 Å². The molecule has 0 aliphatic carbocycles. The second kappa shape index (κ2) is 15.7. The third-order valence-corrected chi connectivity index (χ3v) is 16.5. The fourth-order valence-electron chi connectivity index (χ4n) is 5.37. The van der Waals surface area contributed by atoms with Crippen LogP contribution in [-0.4, -0.2) is 0 Å². The Morgan fingerprint density at radius 2 is 0.723 bits per heavy atom. The minimum absolute atomic E-state index is 0.672. The number of hydrogen-bond donors (Lipinski definition) is 0. The maximum Gasteiger partial charge on any atom is 0.0991 e. The van der Waals surface area contributed by atoms with Gasteiger partial charge in [0.25, 0.3) is 0 Å². The van der Waals surface area contributed by atoms with Gasteiger partial charge in [-0.05, 0) is 234 Å². The smallest absolute Gasteiger partial charge is 0.0991 e. The van der Waals surface area contributed by atoms with Crippen LogP contribution in [0.1, 0.15) is 22.3 Å². The summed E-state index contributed by atoms with van der Waals surface area (Å²) in [5.74, 6) is 0. The summed E-state index contributed by atoms with van der Waals surface area (Å²) in [5, 5.41) is 18.3. The molecule has 0 aliphatic heterocycles. The molecule has 0 amide bonds. The SMILES string of the molecule is N#Cc1ccc(-c2ccc(-c3ccc(Cc4ccc(-c5ccc(-c6ccc(C#N)cc6)cc5I)c(I)c4I)c(I)c3I)c(I)c2)cc1. The number of hydrogen-bond acceptors (Lipinski definition) is 2. The molecular formula is C39H20I6N2. The van der Waals surface area contributed by atoms with Gasteiger partial charge in [0.1, 0.15) is 0 Å². The second-order valence-electron chi connectivity index (χ2n) is 10.7. The highest BCUT2D eigenvalue weighted by Crippen LogP contribution is 2.39. The van der Waals surface area contributed by atoms with E-state index in [2.05, 4.69) is 208 Å². The predicted octanol–water partition coefficient (Wildman–Crippen LogP) is 13.3. The van der Waals surface area contributed by atoms with Crippen LogP contribution < -0.4 is 0 Å². The molecule has 2 nitrogen and oxygen atoms in total. The molecule has 6 rings (SSSR count). The molecule has 0 spiro atoms. The van der Waals surface area contributed by atoms with E-state index in [1.807, 2.05) is 48.5 Å². The Morgan fingerprint density at radius 1 is 0.383 bits per heavy atom. The van der Waals surface area contributed by atoms with E-state index in [9.17, 15) is 0 Å². The lowest BCUT2D eigenvalue weighted by Crippen LogP contribution is -2.01. The van der Waals surface area contributed by atoms with Crippen LogP contribution in [0.25, 0.3) is 44.5 Å². The first kappa shape index (κ1) is 35.5. The van der Waals surface area contributed by atoms with Gasteiger partial charge in [-0.15, -0.1) is 0 Å². The molecule has 47 heavy (non-hydrogen) atoms. The quantitative estimate of drug-likeness (QED) is 0.156. The molecule has 0 aliphatic rings. The number of halogens is 6. The van der Waals surface area contributed by atoms with Crippen molar-refractivity contribution in [3.05, 3.63) is 153 Å². The first-order valence-electron chi connectivity index (χ1n) is 14.2. The molecule has 0 radical (unpaired) electrons. The van der Waals surface area contributed by atoms with Gasteiger partial charge < -0.3 is 0 Å². The molecule has 6 aromatic carbocycles. The van der Waals surface area contributed by atoms with Gasteiger partial charge >= 0.3 is 0 Å². The number of rotatable bonds is 6. The van der Waals surface area contributed by atoms with Crippen LogP contribution in [-0.2, 0) is 6.42 Å². The summed E-state index contributed by atoms with van der Waals surface area (Å²) in [7, 11) is 0. The lowest BCUT2D eigenvalue weighted by Gasteiger charge is -2.16. The topological polar surface area (TPSA) is 47.6 Å². The van der Waals surface area contributed by atoms with E-state index in [1.165, 1.54) is 54.8 Å². The lowest BCUT2D eigenvalue weighted by molar-refractivity contribution is 1.15. The van der Waals surface area contributed by atoms with E-state index < -0.39 is 0 Å². The van der Waals surface area contributed by atoms with E-state index in [4.69, 9.17) is 10.5 Å². The minimum atomic E-state index is 0.672. The monoisotopic (exact) mass is 1280 g/mol. The summed E-state index contributed by atoms with van der Waals surface area (Å²) >= 11 is 14.9. The molecule has 0 saturated heterocycles. The highest BCUT2D eigenvalue weighted by molar-refractivity contribution is 14.1. The van der Waals surface area contributed by atoms with Crippen LogP contribution in [0.2, 0.25) is 0 Å². The zero-order chi connectivity index (χ0) is 33.2. The van der Waals surface area contributed by atoms with E-state index in [0.29, 0.717) is 11.1 Å². The molecule has 0 fully saturated rings. The van der Waals surface area contributed by atoms with Crippen molar-refractivity contribution >= 4 is 136 Å². The van der Waals surface area contributed by atoms with Crippen molar-refractivity contribution in [2.24, 2.45) is 0 Å². The molecule has 0 unspecified atom stereocenters. The molecule has 8 heteroatoms. The summed E-state index contributed by atoms with van der Waals surface area (Å²) in [6.07, 6.45) is 0.868. The van der Waals surface area contributed by atoms with Crippen LogP contribution in [0.15, 0.2) is 109 Å². The molecule has 228 valence electrons. The van der Waals surface area contributed by atoms with E-state index >= 15 is 0 Å². The number of nitrogens with zero attached hydrogens (tertiary/aromatic N) is 2. The Kier molecular flexibility index (Phi) is 11.9. The molecule has 0 heterocycles. The Hall–Kier alpha value is -1.32. The first-order chi connectivity index (χ1) is 22.7. The van der Waals surface area contributed by atoms with E-state index in [1.54, 1.807) is 0 Å². The third kappa shape index (κ3) is 7.72. The summed E-state index contributed by atoms with van der Waals surface area (Å²) in [4.78, 5) is 0. The van der Waals surface area contributed by atoms with Crippen LogP contribution in [0.3, 0.4) is 0 Å². The zero-order valence-electron chi connectivity index (χ0n) is 24.3. The molecule has 6 aromatic rings.